The summed E-state index contributed by atoms with van der Waals surface area (Å²) in [5.74, 6) is 0. The molecule has 3 atom stereocenters. The fourth-order valence-corrected chi connectivity index (χ4v) is 2.15. The molecule has 0 aromatic rings. The van der Waals surface area contributed by atoms with Crippen LogP contribution in [-0.4, -0.2) is 74.9 Å². The summed E-state index contributed by atoms with van der Waals surface area (Å²) in [7, 11) is 1.64. The van der Waals surface area contributed by atoms with E-state index < -0.39 is 6.10 Å². The smallest absolute Gasteiger partial charge is 0.0900 e. The lowest BCUT2D eigenvalue weighted by molar-refractivity contribution is -0.0828. The molecule has 0 aromatic heterocycles. The molecule has 0 spiro atoms. The molecule has 0 amide bonds. The second kappa shape index (κ2) is 8.00. The van der Waals surface area contributed by atoms with Crippen LogP contribution in [-0.2, 0) is 14.2 Å². The van der Waals surface area contributed by atoms with Crippen LogP contribution in [0.15, 0.2) is 0 Å². The van der Waals surface area contributed by atoms with Gasteiger partial charge in [0.15, 0.2) is 0 Å². The molecule has 1 heterocycles. The Balaban J connectivity index is 2.14. The van der Waals surface area contributed by atoms with Gasteiger partial charge in [0.2, 0.25) is 0 Å². The summed E-state index contributed by atoms with van der Waals surface area (Å²) in [6.45, 7) is 7.98. The standard InChI is InChI=1S/C12H25NO4/c1-10-6-13(7-11(2)17-10)8-12(14)9-16-5-4-15-3/h10-12,14H,4-9H2,1-3H3. The minimum Gasteiger partial charge on any atom is -0.389 e. The average Bonchev–Trinajstić information content (AvgIpc) is 2.23. The summed E-state index contributed by atoms with van der Waals surface area (Å²) in [6.07, 6.45) is 0.0325. The lowest BCUT2D eigenvalue weighted by Crippen LogP contribution is -2.48. The van der Waals surface area contributed by atoms with Crippen LogP contribution in [0.25, 0.3) is 0 Å². The maximum atomic E-state index is 9.82. The maximum absolute atomic E-state index is 9.82. The Hall–Kier alpha value is -0.200. The number of rotatable bonds is 7. The molecule has 3 unspecified atom stereocenters. The zero-order valence-corrected chi connectivity index (χ0v) is 11.1. The highest BCUT2D eigenvalue weighted by Gasteiger charge is 2.23. The first-order valence-electron chi connectivity index (χ1n) is 6.24. The quantitative estimate of drug-likeness (QED) is 0.648. The molecule has 0 bridgehead atoms. The van der Waals surface area contributed by atoms with E-state index in [1.165, 1.54) is 0 Å². The van der Waals surface area contributed by atoms with Gasteiger partial charge in [-0.1, -0.05) is 0 Å². The molecule has 0 saturated carbocycles. The second-order valence-electron chi connectivity index (χ2n) is 4.70. The van der Waals surface area contributed by atoms with Gasteiger partial charge in [-0.2, -0.15) is 0 Å². The van der Waals surface area contributed by atoms with Gasteiger partial charge in [-0.3, -0.25) is 4.90 Å². The fourth-order valence-electron chi connectivity index (χ4n) is 2.15. The van der Waals surface area contributed by atoms with Crippen molar-refractivity contribution in [3.05, 3.63) is 0 Å². The van der Waals surface area contributed by atoms with E-state index in [0.29, 0.717) is 26.4 Å². The van der Waals surface area contributed by atoms with E-state index in [0.717, 1.165) is 13.1 Å². The topological polar surface area (TPSA) is 51.2 Å². The van der Waals surface area contributed by atoms with Gasteiger partial charge in [-0.05, 0) is 13.8 Å². The van der Waals surface area contributed by atoms with Crippen molar-refractivity contribution >= 4 is 0 Å². The third-order valence-corrected chi connectivity index (χ3v) is 2.71. The molecule has 0 aromatic carbocycles. The Morgan fingerprint density at radius 1 is 1.29 bits per heavy atom. The van der Waals surface area contributed by atoms with E-state index in [-0.39, 0.29) is 12.2 Å². The van der Waals surface area contributed by atoms with Gasteiger partial charge in [0.25, 0.3) is 0 Å². The Bertz CT molecular complexity index is 193. The Labute approximate surface area is 104 Å². The van der Waals surface area contributed by atoms with E-state index in [1.807, 2.05) is 0 Å². The molecule has 1 aliphatic rings. The van der Waals surface area contributed by atoms with Gasteiger partial charge >= 0.3 is 0 Å². The fraction of sp³-hybridized carbons (Fsp3) is 1.00. The molecule has 1 N–H and O–H groups in total. The van der Waals surface area contributed by atoms with Crippen LogP contribution in [0.4, 0.5) is 0 Å². The molecule has 17 heavy (non-hydrogen) atoms. The van der Waals surface area contributed by atoms with E-state index in [2.05, 4.69) is 18.7 Å². The lowest BCUT2D eigenvalue weighted by Gasteiger charge is -2.36. The zero-order chi connectivity index (χ0) is 12.7. The van der Waals surface area contributed by atoms with Crippen LogP contribution in [0, 0.1) is 0 Å². The minimum atomic E-state index is -0.440. The minimum absolute atomic E-state index is 0.236. The summed E-state index contributed by atoms with van der Waals surface area (Å²) in [4.78, 5) is 2.23. The van der Waals surface area contributed by atoms with E-state index >= 15 is 0 Å². The van der Waals surface area contributed by atoms with Gasteiger partial charge in [-0.15, -0.1) is 0 Å². The monoisotopic (exact) mass is 247 g/mol. The van der Waals surface area contributed by atoms with Crippen LogP contribution in [0.1, 0.15) is 13.8 Å². The molecule has 5 heteroatoms. The van der Waals surface area contributed by atoms with E-state index in [4.69, 9.17) is 14.2 Å². The van der Waals surface area contributed by atoms with Crippen LogP contribution in [0.3, 0.4) is 0 Å². The average molecular weight is 247 g/mol. The largest absolute Gasteiger partial charge is 0.389 e. The Morgan fingerprint density at radius 2 is 1.94 bits per heavy atom. The summed E-state index contributed by atoms with van der Waals surface area (Å²) in [5, 5.41) is 9.82. The number of aliphatic hydroxyl groups excluding tert-OH is 1. The molecular weight excluding hydrogens is 222 g/mol. The molecule has 1 aliphatic heterocycles. The van der Waals surface area contributed by atoms with Crippen LogP contribution >= 0.6 is 0 Å². The summed E-state index contributed by atoms with van der Waals surface area (Å²) >= 11 is 0. The molecule has 5 nitrogen and oxygen atoms in total. The molecule has 102 valence electrons. The number of methoxy groups -OCH3 is 1. The number of hydrogen-bond donors (Lipinski definition) is 1. The predicted octanol–water partition coefficient (Wildman–Crippen LogP) is 0.120. The highest BCUT2D eigenvalue weighted by Crippen LogP contribution is 2.10. The molecule has 0 radical (unpaired) electrons. The van der Waals surface area contributed by atoms with Crippen molar-refractivity contribution in [1.29, 1.82) is 0 Å². The van der Waals surface area contributed by atoms with Crippen LogP contribution in [0.5, 0.6) is 0 Å². The number of nitrogens with zero attached hydrogens (tertiary/aromatic N) is 1. The zero-order valence-electron chi connectivity index (χ0n) is 11.1. The summed E-state index contributed by atoms with van der Waals surface area (Å²) in [6, 6.07) is 0. The van der Waals surface area contributed by atoms with Crippen molar-refractivity contribution in [2.75, 3.05) is 46.6 Å². The van der Waals surface area contributed by atoms with Crippen molar-refractivity contribution in [2.45, 2.75) is 32.2 Å². The summed E-state index contributed by atoms with van der Waals surface area (Å²) in [5.41, 5.74) is 0. The molecular formula is C12H25NO4. The molecule has 1 rings (SSSR count). The van der Waals surface area contributed by atoms with Crippen molar-refractivity contribution < 1.29 is 19.3 Å². The molecule has 1 fully saturated rings. The number of aliphatic hydroxyl groups is 1. The van der Waals surface area contributed by atoms with Gasteiger partial charge in [0.1, 0.15) is 0 Å². The number of ether oxygens (including phenoxy) is 3. The first kappa shape index (κ1) is 14.9. The third kappa shape index (κ3) is 6.33. The predicted molar refractivity (Wildman–Crippen MR) is 65.2 cm³/mol. The summed E-state index contributed by atoms with van der Waals surface area (Å²) < 4.78 is 15.8. The Morgan fingerprint density at radius 3 is 2.53 bits per heavy atom. The lowest BCUT2D eigenvalue weighted by atomic mass is 10.2. The third-order valence-electron chi connectivity index (χ3n) is 2.71. The second-order valence-corrected chi connectivity index (χ2v) is 4.70. The number of hydrogen-bond acceptors (Lipinski definition) is 5. The SMILES string of the molecule is COCCOCC(O)CN1CC(C)OC(C)C1. The first-order valence-corrected chi connectivity index (χ1v) is 6.24. The highest BCUT2D eigenvalue weighted by molar-refractivity contribution is 4.75. The van der Waals surface area contributed by atoms with Crippen molar-refractivity contribution in [1.82, 2.24) is 4.90 Å². The van der Waals surface area contributed by atoms with E-state index in [1.54, 1.807) is 7.11 Å². The van der Waals surface area contributed by atoms with Crippen molar-refractivity contribution in [2.24, 2.45) is 0 Å². The van der Waals surface area contributed by atoms with Crippen molar-refractivity contribution in [3.8, 4) is 0 Å². The molecule has 1 saturated heterocycles. The van der Waals surface area contributed by atoms with Crippen LogP contribution in [0.2, 0.25) is 0 Å². The highest BCUT2D eigenvalue weighted by atomic mass is 16.5. The first-order chi connectivity index (χ1) is 8.11. The van der Waals surface area contributed by atoms with Crippen LogP contribution < -0.4 is 0 Å². The molecule has 0 aliphatic carbocycles. The number of β-amino-alcohol motifs (C(OH)–C–C–N with tert-alkyl or cyclic N) is 1. The number of morpholine rings is 1. The van der Waals surface area contributed by atoms with Gasteiger partial charge < -0.3 is 19.3 Å². The maximum Gasteiger partial charge on any atom is 0.0900 e. The normalized spacial score (nSPS) is 28.2. The van der Waals surface area contributed by atoms with Crippen molar-refractivity contribution in [3.63, 3.8) is 0 Å². The van der Waals surface area contributed by atoms with Gasteiger partial charge in [-0.25, -0.2) is 0 Å². The van der Waals surface area contributed by atoms with Gasteiger partial charge in [0.05, 0.1) is 38.1 Å². The van der Waals surface area contributed by atoms with E-state index in [9.17, 15) is 5.11 Å². The van der Waals surface area contributed by atoms with Gasteiger partial charge in [0, 0.05) is 26.7 Å². The Kier molecular flexibility index (Phi) is 6.99.